The van der Waals surface area contributed by atoms with Gasteiger partial charge in [0.15, 0.2) is 0 Å². The first kappa shape index (κ1) is 20.8. The minimum absolute atomic E-state index is 0.128. The van der Waals surface area contributed by atoms with Gasteiger partial charge in [-0.2, -0.15) is 4.98 Å². The van der Waals surface area contributed by atoms with Gasteiger partial charge >= 0.3 is 0 Å². The molecule has 6 heteroatoms. The lowest BCUT2D eigenvalue weighted by Gasteiger charge is -2.34. The molecule has 28 heavy (non-hydrogen) atoms. The minimum Gasteiger partial charge on any atom is -0.337 e. The van der Waals surface area contributed by atoms with E-state index < -0.39 is 0 Å². The molecule has 0 saturated carbocycles. The van der Waals surface area contributed by atoms with E-state index in [1.807, 2.05) is 17.0 Å². The number of hydrogen-bond acceptors (Lipinski definition) is 4. The second kappa shape index (κ2) is 8.64. The van der Waals surface area contributed by atoms with E-state index in [1.165, 1.54) is 0 Å². The third-order valence-corrected chi connectivity index (χ3v) is 5.39. The highest BCUT2D eigenvalue weighted by atomic mass is 35.5. The van der Waals surface area contributed by atoms with E-state index >= 15 is 0 Å². The molecule has 3 rings (SSSR count). The standard InChI is InChI=1S/C22H30ClN3O2/c1-15(14-22(2,3)4)13-19(27)26-12-6-5-7-18(26)21-24-20(25-28-21)16-8-10-17(23)11-9-16/h8-11,15,18H,5-7,12-14H2,1-4H3/t15-,18+/m1/s1. The molecule has 1 fully saturated rings. The SMILES string of the molecule is C[C@H](CC(=O)N1CCCC[C@H]1c1nc(-c2ccc(Cl)cc2)no1)CC(C)(C)C. The fraction of sp³-hybridized carbons (Fsp3) is 0.591. The van der Waals surface area contributed by atoms with Crippen molar-refractivity contribution in [3.05, 3.63) is 35.2 Å². The molecule has 2 aromatic rings. The summed E-state index contributed by atoms with van der Waals surface area (Å²) in [6, 6.07) is 7.22. The monoisotopic (exact) mass is 403 g/mol. The van der Waals surface area contributed by atoms with Gasteiger partial charge in [0, 0.05) is 23.6 Å². The van der Waals surface area contributed by atoms with Gasteiger partial charge < -0.3 is 9.42 Å². The molecule has 2 heterocycles. The van der Waals surface area contributed by atoms with Crippen LogP contribution < -0.4 is 0 Å². The molecule has 0 aliphatic carbocycles. The smallest absolute Gasteiger partial charge is 0.249 e. The van der Waals surface area contributed by atoms with Crippen LogP contribution >= 0.6 is 11.6 Å². The lowest BCUT2D eigenvalue weighted by molar-refractivity contribution is -0.136. The summed E-state index contributed by atoms with van der Waals surface area (Å²) < 4.78 is 5.57. The summed E-state index contributed by atoms with van der Waals surface area (Å²) in [6.45, 7) is 9.56. The van der Waals surface area contributed by atoms with Gasteiger partial charge in [0.25, 0.3) is 0 Å². The van der Waals surface area contributed by atoms with Gasteiger partial charge in [-0.3, -0.25) is 4.79 Å². The Labute approximate surface area is 172 Å². The molecule has 152 valence electrons. The summed E-state index contributed by atoms with van der Waals surface area (Å²) in [7, 11) is 0. The topological polar surface area (TPSA) is 59.2 Å². The molecule has 1 aromatic heterocycles. The Hall–Kier alpha value is -1.88. The number of piperidine rings is 1. The molecule has 0 radical (unpaired) electrons. The first-order valence-corrected chi connectivity index (χ1v) is 10.5. The van der Waals surface area contributed by atoms with E-state index in [1.54, 1.807) is 12.1 Å². The average Bonchev–Trinajstić information content (AvgIpc) is 3.10. The molecule has 2 atom stereocenters. The van der Waals surface area contributed by atoms with E-state index in [4.69, 9.17) is 16.1 Å². The van der Waals surface area contributed by atoms with E-state index in [-0.39, 0.29) is 17.4 Å². The lowest BCUT2D eigenvalue weighted by Crippen LogP contribution is -2.39. The van der Waals surface area contributed by atoms with Gasteiger partial charge in [-0.05, 0) is 61.3 Å². The molecular formula is C22H30ClN3O2. The first-order valence-electron chi connectivity index (χ1n) is 10.1. The number of rotatable bonds is 5. The van der Waals surface area contributed by atoms with Crippen molar-refractivity contribution in [3.8, 4) is 11.4 Å². The van der Waals surface area contributed by atoms with Gasteiger partial charge in [-0.15, -0.1) is 0 Å². The van der Waals surface area contributed by atoms with Crippen LogP contribution in [0.2, 0.25) is 5.02 Å². The fourth-order valence-corrected chi connectivity index (χ4v) is 4.23. The molecule has 1 saturated heterocycles. The number of aromatic nitrogens is 2. The van der Waals surface area contributed by atoms with Crippen LogP contribution in [0.15, 0.2) is 28.8 Å². The molecule has 0 unspecified atom stereocenters. The highest BCUT2D eigenvalue weighted by Crippen LogP contribution is 2.33. The Morgan fingerprint density at radius 2 is 2.00 bits per heavy atom. The van der Waals surface area contributed by atoms with Crippen molar-refractivity contribution in [2.75, 3.05) is 6.54 Å². The first-order chi connectivity index (χ1) is 13.2. The third-order valence-electron chi connectivity index (χ3n) is 5.14. The van der Waals surface area contributed by atoms with Gasteiger partial charge in [0.05, 0.1) is 0 Å². The summed E-state index contributed by atoms with van der Waals surface area (Å²) in [4.78, 5) is 19.6. The third kappa shape index (κ3) is 5.34. The quantitative estimate of drug-likeness (QED) is 0.622. The van der Waals surface area contributed by atoms with Crippen LogP contribution in [-0.2, 0) is 4.79 Å². The lowest BCUT2D eigenvalue weighted by atomic mass is 9.84. The minimum atomic E-state index is -0.128. The van der Waals surface area contributed by atoms with Crippen LogP contribution in [-0.4, -0.2) is 27.5 Å². The van der Waals surface area contributed by atoms with Crippen molar-refractivity contribution in [3.63, 3.8) is 0 Å². The van der Waals surface area contributed by atoms with Crippen molar-refractivity contribution >= 4 is 17.5 Å². The maximum Gasteiger partial charge on any atom is 0.249 e. The average molecular weight is 404 g/mol. The van der Waals surface area contributed by atoms with Crippen molar-refractivity contribution < 1.29 is 9.32 Å². The van der Waals surface area contributed by atoms with Gasteiger partial charge in [0.1, 0.15) is 6.04 Å². The predicted octanol–water partition coefficient (Wildman–Crippen LogP) is 5.91. The second-order valence-corrected chi connectivity index (χ2v) is 9.57. The summed E-state index contributed by atoms with van der Waals surface area (Å²) in [5, 5.41) is 4.79. The Morgan fingerprint density at radius 1 is 1.29 bits per heavy atom. The van der Waals surface area contributed by atoms with E-state index in [9.17, 15) is 4.79 Å². The molecule has 0 bridgehead atoms. The Kier molecular flexibility index (Phi) is 6.43. The van der Waals surface area contributed by atoms with Crippen molar-refractivity contribution in [2.45, 2.75) is 65.8 Å². The largest absolute Gasteiger partial charge is 0.337 e. The van der Waals surface area contributed by atoms with Gasteiger partial charge in [0.2, 0.25) is 17.6 Å². The van der Waals surface area contributed by atoms with Crippen LogP contribution in [0, 0.1) is 11.3 Å². The van der Waals surface area contributed by atoms with Crippen LogP contribution in [0.25, 0.3) is 11.4 Å². The maximum absolute atomic E-state index is 13.0. The fourth-order valence-electron chi connectivity index (χ4n) is 4.11. The number of carbonyl (C=O) groups excluding carboxylic acids is 1. The highest BCUT2D eigenvalue weighted by Gasteiger charge is 2.33. The Bertz CT molecular complexity index is 795. The van der Waals surface area contributed by atoms with Crippen molar-refractivity contribution in [1.82, 2.24) is 15.0 Å². The van der Waals surface area contributed by atoms with Crippen molar-refractivity contribution in [2.24, 2.45) is 11.3 Å². The number of hydrogen-bond donors (Lipinski definition) is 0. The molecule has 1 aliphatic heterocycles. The molecule has 5 nitrogen and oxygen atoms in total. The second-order valence-electron chi connectivity index (χ2n) is 9.14. The van der Waals surface area contributed by atoms with Crippen LogP contribution in [0.4, 0.5) is 0 Å². The normalized spacial score (nSPS) is 18.9. The highest BCUT2D eigenvalue weighted by molar-refractivity contribution is 6.30. The van der Waals surface area contributed by atoms with E-state index in [0.717, 1.165) is 37.8 Å². The maximum atomic E-state index is 13.0. The predicted molar refractivity (Wildman–Crippen MR) is 111 cm³/mol. The molecule has 0 N–H and O–H groups in total. The number of amides is 1. The summed E-state index contributed by atoms with van der Waals surface area (Å²) in [5.74, 6) is 1.60. The van der Waals surface area contributed by atoms with Gasteiger partial charge in [-0.1, -0.05) is 44.5 Å². The zero-order valence-corrected chi connectivity index (χ0v) is 18.0. The number of carbonyl (C=O) groups is 1. The summed E-state index contributed by atoms with van der Waals surface area (Å²) in [6.07, 6.45) is 4.53. The van der Waals surface area contributed by atoms with Crippen molar-refractivity contribution in [1.29, 1.82) is 0 Å². The number of halogens is 1. The number of likely N-dealkylation sites (tertiary alicyclic amines) is 1. The number of benzene rings is 1. The van der Waals surface area contributed by atoms with Crippen LogP contribution in [0.3, 0.4) is 0 Å². The summed E-state index contributed by atoms with van der Waals surface area (Å²) in [5.41, 5.74) is 1.08. The zero-order chi connectivity index (χ0) is 20.3. The summed E-state index contributed by atoms with van der Waals surface area (Å²) >= 11 is 5.95. The Balaban J connectivity index is 1.73. The molecular weight excluding hydrogens is 374 g/mol. The van der Waals surface area contributed by atoms with E-state index in [2.05, 4.69) is 37.8 Å². The molecule has 0 spiro atoms. The van der Waals surface area contributed by atoms with Crippen LogP contribution in [0.1, 0.15) is 71.7 Å². The van der Waals surface area contributed by atoms with Crippen LogP contribution in [0.5, 0.6) is 0 Å². The zero-order valence-electron chi connectivity index (χ0n) is 17.2. The number of nitrogens with zero attached hydrogens (tertiary/aromatic N) is 3. The Morgan fingerprint density at radius 3 is 2.68 bits per heavy atom. The van der Waals surface area contributed by atoms with Gasteiger partial charge in [-0.25, -0.2) is 0 Å². The molecule has 1 amide bonds. The molecule has 1 aromatic carbocycles. The molecule has 1 aliphatic rings. The van der Waals surface area contributed by atoms with E-state index in [0.29, 0.717) is 29.1 Å².